The van der Waals surface area contributed by atoms with Gasteiger partial charge in [-0.05, 0) is 30.4 Å². The third kappa shape index (κ3) is 3.60. The summed E-state index contributed by atoms with van der Waals surface area (Å²) in [5, 5.41) is 4.08. The highest BCUT2D eigenvalue weighted by Crippen LogP contribution is 2.37. The second-order valence-corrected chi connectivity index (χ2v) is 9.88. The molecule has 1 amide bonds. The molecule has 1 unspecified atom stereocenters. The van der Waals surface area contributed by atoms with E-state index in [1.165, 1.54) is 6.07 Å². The first-order valence-corrected chi connectivity index (χ1v) is 11.4. The number of fused-ring (bicyclic) bond motifs is 1. The zero-order valence-corrected chi connectivity index (χ0v) is 17.6. The van der Waals surface area contributed by atoms with Gasteiger partial charge in [0, 0.05) is 12.2 Å². The summed E-state index contributed by atoms with van der Waals surface area (Å²) in [5.74, 6) is -1.18. The smallest absolute Gasteiger partial charge is 0.239 e. The molecule has 152 valence electrons. The quantitative estimate of drug-likeness (QED) is 0.736. The van der Waals surface area contributed by atoms with E-state index in [1.54, 1.807) is 23.1 Å². The second-order valence-electron chi connectivity index (χ2n) is 8.12. The minimum atomic E-state index is -3.71. The van der Waals surface area contributed by atoms with Gasteiger partial charge in [0.1, 0.15) is 5.92 Å². The molecular formula is C21H28N2O4S. The Morgan fingerprint density at radius 2 is 1.82 bits per heavy atom. The van der Waals surface area contributed by atoms with Crippen molar-refractivity contribution in [2.45, 2.75) is 51.5 Å². The number of sulfone groups is 1. The van der Waals surface area contributed by atoms with Gasteiger partial charge >= 0.3 is 0 Å². The minimum absolute atomic E-state index is 0.0155. The standard InChI is InChI=1S/C21H28N2O4S/c1-5-14(4)19-20(24)18(21(25)23(19)11-10-13(2)3)16-12-28(26,27)17-9-7-6-8-15(17)22-16/h6-9,12-14,18-19,22H,5,10-11H2,1-4H3/t14-,18?,19-/m0/s1. The predicted octanol–water partition coefficient (Wildman–Crippen LogP) is 3.22. The number of nitrogens with zero attached hydrogens (tertiary/aromatic N) is 1. The molecule has 1 fully saturated rings. The zero-order valence-electron chi connectivity index (χ0n) is 16.8. The number of hydrogen-bond donors (Lipinski definition) is 1. The molecule has 1 aromatic carbocycles. The van der Waals surface area contributed by atoms with Gasteiger partial charge in [-0.1, -0.05) is 46.2 Å². The summed E-state index contributed by atoms with van der Waals surface area (Å²) in [4.78, 5) is 28.3. The molecule has 0 spiro atoms. The van der Waals surface area contributed by atoms with Gasteiger partial charge in [0.05, 0.1) is 22.0 Å². The van der Waals surface area contributed by atoms with Gasteiger partial charge in [0.15, 0.2) is 5.78 Å². The van der Waals surface area contributed by atoms with E-state index >= 15 is 0 Å². The van der Waals surface area contributed by atoms with Crippen LogP contribution in [0.5, 0.6) is 0 Å². The maximum absolute atomic E-state index is 13.3. The lowest BCUT2D eigenvalue weighted by Gasteiger charge is -2.28. The Bertz CT molecular complexity index is 920. The molecule has 3 atom stereocenters. The maximum atomic E-state index is 13.3. The molecule has 6 nitrogen and oxygen atoms in total. The van der Waals surface area contributed by atoms with Gasteiger partial charge in [-0.25, -0.2) is 8.42 Å². The van der Waals surface area contributed by atoms with Crippen molar-refractivity contribution < 1.29 is 18.0 Å². The molecule has 7 heteroatoms. The van der Waals surface area contributed by atoms with Crippen LogP contribution in [-0.4, -0.2) is 37.6 Å². The van der Waals surface area contributed by atoms with Crippen LogP contribution in [0.4, 0.5) is 5.69 Å². The van der Waals surface area contributed by atoms with Crippen LogP contribution < -0.4 is 5.32 Å². The molecule has 0 aliphatic carbocycles. The van der Waals surface area contributed by atoms with Gasteiger partial charge < -0.3 is 10.2 Å². The lowest BCUT2D eigenvalue weighted by Crippen LogP contribution is -2.41. The van der Waals surface area contributed by atoms with Crippen LogP contribution in [0.3, 0.4) is 0 Å². The summed E-state index contributed by atoms with van der Waals surface area (Å²) >= 11 is 0. The highest BCUT2D eigenvalue weighted by molar-refractivity contribution is 7.94. The molecule has 2 heterocycles. The van der Waals surface area contributed by atoms with Crippen LogP contribution in [0, 0.1) is 17.8 Å². The fraction of sp³-hybridized carbons (Fsp3) is 0.524. The third-order valence-electron chi connectivity index (χ3n) is 5.64. The van der Waals surface area contributed by atoms with Crippen molar-refractivity contribution in [3.8, 4) is 0 Å². The van der Waals surface area contributed by atoms with E-state index in [9.17, 15) is 18.0 Å². The number of carbonyl (C=O) groups excluding carboxylic acids is 2. The van der Waals surface area contributed by atoms with Crippen LogP contribution in [0.15, 0.2) is 40.3 Å². The number of carbonyl (C=O) groups is 2. The Labute approximate surface area is 166 Å². The Hall–Kier alpha value is -2.15. The van der Waals surface area contributed by atoms with Crippen molar-refractivity contribution in [1.82, 2.24) is 4.90 Å². The Morgan fingerprint density at radius 3 is 2.46 bits per heavy atom. The normalized spacial score (nSPS) is 24.8. The van der Waals surface area contributed by atoms with Crippen molar-refractivity contribution in [1.29, 1.82) is 0 Å². The lowest BCUT2D eigenvalue weighted by atomic mass is 9.91. The fourth-order valence-corrected chi connectivity index (χ4v) is 5.22. The van der Waals surface area contributed by atoms with E-state index in [0.29, 0.717) is 18.2 Å². The molecular weight excluding hydrogens is 376 g/mol. The van der Waals surface area contributed by atoms with E-state index in [-0.39, 0.29) is 28.2 Å². The van der Waals surface area contributed by atoms with Crippen LogP contribution in [0.1, 0.15) is 40.5 Å². The number of anilines is 1. The summed E-state index contributed by atoms with van der Waals surface area (Å²) in [6.07, 6.45) is 1.56. The second kappa shape index (κ2) is 7.70. The average molecular weight is 405 g/mol. The molecule has 0 aromatic heterocycles. The lowest BCUT2D eigenvalue weighted by molar-refractivity contribution is -0.131. The Balaban J connectivity index is 1.99. The number of ketones is 1. The fourth-order valence-electron chi connectivity index (χ4n) is 3.87. The summed E-state index contributed by atoms with van der Waals surface area (Å²) in [5.41, 5.74) is 0.565. The monoisotopic (exact) mass is 404 g/mol. The van der Waals surface area contributed by atoms with E-state index in [4.69, 9.17) is 0 Å². The van der Waals surface area contributed by atoms with E-state index in [2.05, 4.69) is 19.2 Å². The van der Waals surface area contributed by atoms with Gasteiger partial charge in [-0.15, -0.1) is 0 Å². The number of rotatable bonds is 6. The molecule has 1 saturated heterocycles. The summed E-state index contributed by atoms with van der Waals surface area (Å²) < 4.78 is 25.3. The molecule has 1 N–H and O–H groups in total. The topological polar surface area (TPSA) is 83.5 Å². The molecule has 0 bridgehead atoms. The van der Waals surface area contributed by atoms with Crippen molar-refractivity contribution in [3.05, 3.63) is 35.4 Å². The van der Waals surface area contributed by atoms with Gasteiger partial charge in [0.2, 0.25) is 15.7 Å². The molecule has 1 aromatic rings. The SMILES string of the molecule is CC[C@H](C)[C@H]1C(=O)C(C2=CS(=O)(=O)c3ccccc3N2)C(=O)N1CCC(C)C. The molecule has 0 saturated carbocycles. The number of para-hydroxylation sites is 1. The summed E-state index contributed by atoms with van der Waals surface area (Å²) in [6, 6.07) is 6.02. The maximum Gasteiger partial charge on any atom is 0.239 e. The van der Waals surface area contributed by atoms with Crippen LogP contribution in [0.2, 0.25) is 0 Å². The summed E-state index contributed by atoms with van der Waals surface area (Å²) in [7, 11) is -3.71. The van der Waals surface area contributed by atoms with E-state index in [1.807, 2.05) is 13.8 Å². The van der Waals surface area contributed by atoms with E-state index < -0.39 is 21.8 Å². The zero-order chi connectivity index (χ0) is 20.6. The van der Waals surface area contributed by atoms with Crippen molar-refractivity contribution >= 4 is 27.2 Å². The largest absolute Gasteiger partial charge is 0.356 e. The molecule has 28 heavy (non-hydrogen) atoms. The number of likely N-dealkylation sites (tertiary alicyclic amines) is 1. The van der Waals surface area contributed by atoms with Crippen LogP contribution in [-0.2, 0) is 19.4 Å². The first-order valence-electron chi connectivity index (χ1n) is 9.84. The number of amides is 1. The number of nitrogens with one attached hydrogen (secondary N) is 1. The van der Waals surface area contributed by atoms with Crippen LogP contribution >= 0.6 is 0 Å². The number of benzene rings is 1. The predicted molar refractivity (Wildman–Crippen MR) is 108 cm³/mol. The first-order chi connectivity index (χ1) is 13.2. The molecule has 2 aliphatic heterocycles. The van der Waals surface area contributed by atoms with Gasteiger partial charge in [-0.3, -0.25) is 9.59 Å². The minimum Gasteiger partial charge on any atom is -0.356 e. The van der Waals surface area contributed by atoms with Crippen molar-refractivity contribution in [3.63, 3.8) is 0 Å². The number of hydrogen-bond acceptors (Lipinski definition) is 5. The molecule has 0 radical (unpaired) electrons. The summed E-state index contributed by atoms with van der Waals surface area (Å²) in [6.45, 7) is 8.62. The highest BCUT2D eigenvalue weighted by atomic mass is 32.2. The Kier molecular flexibility index (Phi) is 5.66. The third-order valence-corrected chi connectivity index (χ3v) is 7.17. The average Bonchev–Trinajstić information content (AvgIpc) is 2.88. The van der Waals surface area contributed by atoms with Crippen molar-refractivity contribution in [2.24, 2.45) is 17.8 Å². The van der Waals surface area contributed by atoms with Crippen LogP contribution in [0.25, 0.3) is 0 Å². The van der Waals surface area contributed by atoms with E-state index in [0.717, 1.165) is 18.2 Å². The Morgan fingerprint density at radius 1 is 1.14 bits per heavy atom. The van der Waals surface area contributed by atoms with Gasteiger partial charge in [-0.2, -0.15) is 0 Å². The molecule has 3 rings (SSSR count). The van der Waals surface area contributed by atoms with Crippen molar-refractivity contribution in [2.75, 3.05) is 11.9 Å². The first kappa shape index (κ1) is 20.6. The molecule has 2 aliphatic rings. The highest BCUT2D eigenvalue weighted by Gasteiger charge is 2.51. The van der Waals surface area contributed by atoms with Gasteiger partial charge in [0.25, 0.3) is 0 Å². The number of Topliss-reactive ketones (excluding diaryl/α,β-unsaturated/α-hetero) is 1.